The minimum atomic E-state index is 0.459. The van der Waals surface area contributed by atoms with E-state index >= 15 is 0 Å². The summed E-state index contributed by atoms with van der Waals surface area (Å²) in [4.78, 5) is 2.57. The Bertz CT molecular complexity index is 361. The van der Waals surface area contributed by atoms with Gasteiger partial charge in [0.25, 0.3) is 0 Å². The first-order valence-electron chi connectivity index (χ1n) is 7.89. The summed E-state index contributed by atoms with van der Waals surface area (Å²) in [7, 11) is 2.05. The van der Waals surface area contributed by atoms with Gasteiger partial charge in [0, 0.05) is 25.7 Å². The number of benzene rings is 1. The highest BCUT2D eigenvalue weighted by Crippen LogP contribution is 2.19. The molecule has 1 heterocycles. The predicted molar refractivity (Wildman–Crippen MR) is 83.9 cm³/mol. The molecule has 3 nitrogen and oxygen atoms in total. The Morgan fingerprint density at radius 2 is 1.95 bits per heavy atom. The molecule has 0 bridgehead atoms. The van der Waals surface area contributed by atoms with Gasteiger partial charge in [-0.1, -0.05) is 30.3 Å². The van der Waals surface area contributed by atoms with Crippen LogP contribution in [-0.2, 0) is 4.74 Å². The molecule has 112 valence electrons. The molecule has 0 aromatic heterocycles. The molecule has 0 amide bonds. The van der Waals surface area contributed by atoms with Crippen LogP contribution in [0, 0.1) is 0 Å². The van der Waals surface area contributed by atoms with Gasteiger partial charge in [-0.2, -0.15) is 0 Å². The Kier molecular flexibility index (Phi) is 6.51. The van der Waals surface area contributed by atoms with Crippen LogP contribution in [0.2, 0.25) is 0 Å². The van der Waals surface area contributed by atoms with Crippen molar-refractivity contribution in [2.75, 3.05) is 33.3 Å². The number of nitrogens with one attached hydrogen (secondary N) is 1. The molecule has 2 rings (SSSR count). The Labute approximate surface area is 123 Å². The standard InChI is InChI=1S/C17H28N2O/c1-3-20-16-9-12-19(13-10-16)14-11-17(18-2)15-7-5-4-6-8-15/h4-8,16-18H,3,9-14H2,1-2H3. The summed E-state index contributed by atoms with van der Waals surface area (Å²) in [5.41, 5.74) is 1.39. The Morgan fingerprint density at radius 3 is 2.55 bits per heavy atom. The van der Waals surface area contributed by atoms with Gasteiger partial charge >= 0.3 is 0 Å². The van der Waals surface area contributed by atoms with Crippen LogP contribution >= 0.6 is 0 Å². The highest BCUT2D eigenvalue weighted by molar-refractivity contribution is 5.18. The summed E-state index contributed by atoms with van der Waals surface area (Å²) in [6.45, 7) is 6.45. The number of rotatable bonds is 7. The molecule has 1 saturated heterocycles. The molecule has 1 atom stereocenters. The largest absolute Gasteiger partial charge is 0.378 e. The summed E-state index contributed by atoms with van der Waals surface area (Å²) < 4.78 is 5.71. The van der Waals surface area contributed by atoms with E-state index in [4.69, 9.17) is 4.74 Å². The molecule has 0 spiro atoms. The van der Waals surface area contributed by atoms with Gasteiger partial charge in [0.2, 0.25) is 0 Å². The van der Waals surface area contributed by atoms with E-state index in [0.717, 1.165) is 6.61 Å². The van der Waals surface area contributed by atoms with E-state index in [-0.39, 0.29) is 0 Å². The Morgan fingerprint density at radius 1 is 1.25 bits per heavy atom. The number of ether oxygens (including phenoxy) is 1. The van der Waals surface area contributed by atoms with E-state index in [2.05, 4.69) is 54.5 Å². The van der Waals surface area contributed by atoms with Gasteiger partial charge in [-0.05, 0) is 45.3 Å². The lowest BCUT2D eigenvalue weighted by Crippen LogP contribution is -2.38. The van der Waals surface area contributed by atoms with E-state index in [0.29, 0.717) is 12.1 Å². The molecule has 0 aliphatic carbocycles. The maximum Gasteiger partial charge on any atom is 0.0599 e. The first-order valence-corrected chi connectivity index (χ1v) is 7.89. The summed E-state index contributed by atoms with van der Waals surface area (Å²) in [6.07, 6.45) is 4.03. The average Bonchev–Trinajstić information content (AvgIpc) is 2.51. The van der Waals surface area contributed by atoms with Crippen molar-refractivity contribution in [3.05, 3.63) is 35.9 Å². The summed E-state index contributed by atoms with van der Waals surface area (Å²) in [6, 6.07) is 11.2. The van der Waals surface area contributed by atoms with Crippen LogP contribution in [-0.4, -0.2) is 44.3 Å². The average molecular weight is 276 g/mol. The van der Waals surface area contributed by atoms with Gasteiger partial charge in [-0.3, -0.25) is 0 Å². The van der Waals surface area contributed by atoms with Crippen LogP contribution < -0.4 is 5.32 Å². The maximum absolute atomic E-state index is 5.71. The highest BCUT2D eigenvalue weighted by atomic mass is 16.5. The van der Waals surface area contributed by atoms with Crippen molar-refractivity contribution in [1.82, 2.24) is 10.2 Å². The van der Waals surface area contributed by atoms with Crippen LogP contribution in [0.15, 0.2) is 30.3 Å². The molecular weight excluding hydrogens is 248 g/mol. The lowest BCUT2D eigenvalue weighted by atomic mass is 10.0. The van der Waals surface area contributed by atoms with Crippen LogP contribution in [0.25, 0.3) is 0 Å². The van der Waals surface area contributed by atoms with Crippen molar-refractivity contribution < 1.29 is 4.74 Å². The van der Waals surface area contributed by atoms with Gasteiger partial charge in [-0.15, -0.1) is 0 Å². The number of piperidine rings is 1. The van der Waals surface area contributed by atoms with Gasteiger partial charge in [0.05, 0.1) is 6.10 Å². The third-order valence-corrected chi connectivity index (χ3v) is 4.22. The van der Waals surface area contributed by atoms with E-state index in [1.807, 2.05) is 0 Å². The summed E-state index contributed by atoms with van der Waals surface area (Å²) in [5.74, 6) is 0. The first-order chi connectivity index (χ1) is 9.83. The van der Waals surface area contributed by atoms with Crippen LogP contribution in [0.3, 0.4) is 0 Å². The van der Waals surface area contributed by atoms with E-state index in [1.165, 1.54) is 44.5 Å². The van der Waals surface area contributed by atoms with Crippen molar-refractivity contribution >= 4 is 0 Å². The number of nitrogens with zero attached hydrogens (tertiary/aromatic N) is 1. The quantitative estimate of drug-likeness (QED) is 0.829. The molecule has 1 aliphatic heterocycles. The molecule has 1 aromatic carbocycles. The van der Waals surface area contributed by atoms with Crippen LogP contribution in [0.4, 0.5) is 0 Å². The zero-order valence-corrected chi connectivity index (χ0v) is 12.8. The molecule has 1 N–H and O–H groups in total. The van der Waals surface area contributed by atoms with Crippen molar-refractivity contribution in [2.45, 2.75) is 38.3 Å². The second-order valence-corrected chi connectivity index (χ2v) is 5.54. The molecule has 20 heavy (non-hydrogen) atoms. The minimum absolute atomic E-state index is 0.459. The third-order valence-electron chi connectivity index (χ3n) is 4.22. The Hall–Kier alpha value is -0.900. The molecule has 1 fully saturated rings. The predicted octanol–water partition coefficient (Wildman–Crippen LogP) is 2.84. The van der Waals surface area contributed by atoms with Gasteiger partial charge in [0.15, 0.2) is 0 Å². The fourth-order valence-corrected chi connectivity index (χ4v) is 3.01. The molecule has 1 aromatic rings. The third kappa shape index (κ3) is 4.58. The van der Waals surface area contributed by atoms with Gasteiger partial charge < -0.3 is 15.0 Å². The second kappa shape index (κ2) is 8.40. The van der Waals surface area contributed by atoms with E-state index in [9.17, 15) is 0 Å². The topological polar surface area (TPSA) is 24.5 Å². The zero-order chi connectivity index (χ0) is 14.2. The van der Waals surface area contributed by atoms with Crippen molar-refractivity contribution in [2.24, 2.45) is 0 Å². The van der Waals surface area contributed by atoms with Crippen LogP contribution in [0.1, 0.15) is 37.8 Å². The SMILES string of the molecule is CCOC1CCN(CCC(NC)c2ccccc2)CC1. The Balaban J connectivity index is 1.75. The van der Waals surface area contributed by atoms with Crippen molar-refractivity contribution in [3.8, 4) is 0 Å². The second-order valence-electron chi connectivity index (χ2n) is 5.54. The minimum Gasteiger partial charge on any atom is -0.378 e. The molecule has 3 heteroatoms. The smallest absolute Gasteiger partial charge is 0.0599 e. The molecule has 1 unspecified atom stereocenters. The maximum atomic E-state index is 5.71. The number of hydrogen-bond acceptors (Lipinski definition) is 3. The molecule has 0 saturated carbocycles. The van der Waals surface area contributed by atoms with Gasteiger partial charge in [0.1, 0.15) is 0 Å². The monoisotopic (exact) mass is 276 g/mol. The number of hydrogen-bond donors (Lipinski definition) is 1. The normalized spacial score (nSPS) is 19.1. The molecular formula is C17H28N2O. The lowest BCUT2D eigenvalue weighted by molar-refractivity contribution is 0.0136. The first kappa shape index (κ1) is 15.5. The van der Waals surface area contributed by atoms with Crippen LogP contribution in [0.5, 0.6) is 0 Å². The lowest BCUT2D eigenvalue weighted by Gasteiger charge is -2.32. The summed E-state index contributed by atoms with van der Waals surface area (Å²) in [5, 5.41) is 3.44. The zero-order valence-electron chi connectivity index (χ0n) is 12.8. The highest BCUT2D eigenvalue weighted by Gasteiger charge is 2.20. The molecule has 0 radical (unpaired) electrons. The summed E-state index contributed by atoms with van der Waals surface area (Å²) >= 11 is 0. The molecule has 1 aliphatic rings. The van der Waals surface area contributed by atoms with Crippen molar-refractivity contribution in [1.29, 1.82) is 0 Å². The fraction of sp³-hybridized carbons (Fsp3) is 0.647. The van der Waals surface area contributed by atoms with Gasteiger partial charge in [-0.25, -0.2) is 0 Å². The van der Waals surface area contributed by atoms with Crippen molar-refractivity contribution in [3.63, 3.8) is 0 Å². The van der Waals surface area contributed by atoms with E-state index < -0.39 is 0 Å². The fourth-order valence-electron chi connectivity index (χ4n) is 3.01. The van der Waals surface area contributed by atoms with E-state index in [1.54, 1.807) is 0 Å². The number of likely N-dealkylation sites (tertiary alicyclic amines) is 1.